The zero-order valence-corrected chi connectivity index (χ0v) is 21.5. The van der Waals surface area contributed by atoms with Gasteiger partial charge in [-0.2, -0.15) is 9.30 Å². The summed E-state index contributed by atoms with van der Waals surface area (Å²) in [6.07, 6.45) is 0.764. The van der Waals surface area contributed by atoms with Crippen LogP contribution < -0.4 is 4.80 Å². The van der Waals surface area contributed by atoms with Gasteiger partial charge in [0.1, 0.15) is 16.8 Å². The van der Waals surface area contributed by atoms with Gasteiger partial charge in [-0.05, 0) is 38.0 Å². The van der Waals surface area contributed by atoms with Crippen LogP contribution in [0, 0.1) is 10.1 Å². The molecule has 0 bridgehead atoms. The highest BCUT2D eigenvalue weighted by Gasteiger charge is 2.40. The molecule has 3 aromatic rings. The van der Waals surface area contributed by atoms with Crippen molar-refractivity contribution < 1.29 is 27.7 Å². The number of nitrogens with zero attached hydrogens (tertiary/aromatic N) is 4. The second kappa shape index (κ2) is 10.1. The first-order chi connectivity index (χ1) is 16.6. The van der Waals surface area contributed by atoms with E-state index in [2.05, 4.69) is 4.99 Å². The summed E-state index contributed by atoms with van der Waals surface area (Å²) in [6, 6.07) is 5.95. The van der Waals surface area contributed by atoms with E-state index in [4.69, 9.17) is 16.3 Å². The summed E-state index contributed by atoms with van der Waals surface area (Å²) in [7, 11) is -3.95. The SMILES string of the molecule is CCOC(=O)Cn1c(=NC(=O)C2CCCN2S(=O)(=O)c2ccc(Cl)s2)sc2cc([N+](=O)[O-])ccc21. The molecule has 1 amide bonds. The molecule has 1 saturated heterocycles. The number of sulfonamides is 1. The topological polar surface area (TPSA) is 141 Å². The summed E-state index contributed by atoms with van der Waals surface area (Å²) in [6.45, 7) is 1.70. The maximum absolute atomic E-state index is 13.2. The minimum Gasteiger partial charge on any atom is -0.465 e. The van der Waals surface area contributed by atoms with E-state index in [1.165, 1.54) is 34.9 Å². The molecule has 0 aliphatic carbocycles. The first-order valence-electron chi connectivity index (χ1n) is 10.4. The molecule has 1 aliphatic rings. The number of hydrogen-bond donors (Lipinski definition) is 0. The van der Waals surface area contributed by atoms with E-state index in [-0.39, 0.29) is 40.8 Å². The Bertz CT molecular complexity index is 1490. The van der Waals surface area contributed by atoms with E-state index in [9.17, 15) is 28.1 Å². The number of hydrogen-bond acceptors (Lipinski definition) is 9. The minimum atomic E-state index is -3.95. The lowest BCUT2D eigenvalue weighted by atomic mass is 10.2. The van der Waals surface area contributed by atoms with Crippen molar-refractivity contribution in [3.05, 3.63) is 49.6 Å². The minimum absolute atomic E-state index is 0.0359. The van der Waals surface area contributed by atoms with Crippen LogP contribution in [-0.4, -0.2) is 53.3 Å². The lowest BCUT2D eigenvalue weighted by Crippen LogP contribution is -2.40. The summed E-state index contributed by atoms with van der Waals surface area (Å²) in [5, 5.41) is 11.2. The Labute approximate surface area is 212 Å². The van der Waals surface area contributed by atoms with Crippen molar-refractivity contribution in [2.24, 2.45) is 4.99 Å². The van der Waals surface area contributed by atoms with Crippen LogP contribution >= 0.6 is 34.3 Å². The van der Waals surface area contributed by atoms with Crippen LogP contribution in [0.25, 0.3) is 10.2 Å². The normalized spacial score (nSPS) is 17.2. The molecule has 0 spiro atoms. The molecule has 11 nitrogen and oxygen atoms in total. The molecule has 1 unspecified atom stereocenters. The summed E-state index contributed by atoms with van der Waals surface area (Å²) >= 11 is 7.80. The number of benzene rings is 1. The maximum atomic E-state index is 13.2. The largest absolute Gasteiger partial charge is 0.465 e. The molecule has 0 saturated carbocycles. The zero-order chi connectivity index (χ0) is 25.3. The van der Waals surface area contributed by atoms with Gasteiger partial charge >= 0.3 is 5.97 Å². The number of nitro benzene ring substituents is 1. The van der Waals surface area contributed by atoms with Crippen LogP contribution in [0.4, 0.5) is 5.69 Å². The lowest BCUT2D eigenvalue weighted by molar-refractivity contribution is -0.384. The van der Waals surface area contributed by atoms with Gasteiger partial charge in [0, 0.05) is 18.7 Å². The van der Waals surface area contributed by atoms with Crippen LogP contribution in [0.2, 0.25) is 4.34 Å². The second-order valence-corrected chi connectivity index (χ2v) is 12.3. The van der Waals surface area contributed by atoms with Crippen molar-refractivity contribution in [1.29, 1.82) is 0 Å². The highest BCUT2D eigenvalue weighted by molar-refractivity contribution is 7.91. The molecule has 15 heteroatoms. The number of thiophene rings is 1. The predicted octanol–water partition coefficient (Wildman–Crippen LogP) is 3.17. The van der Waals surface area contributed by atoms with Gasteiger partial charge in [-0.1, -0.05) is 22.9 Å². The van der Waals surface area contributed by atoms with E-state index in [1.54, 1.807) is 6.92 Å². The summed E-state index contributed by atoms with van der Waals surface area (Å²) in [5.74, 6) is -1.26. The third-order valence-electron chi connectivity index (χ3n) is 5.28. The molecule has 0 radical (unpaired) electrons. The number of thiazole rings is 1. The molecule has 0 N–H and O–H groups in total. The van der Waals surface area contributed by atoms with Gasteiger partial charge in [0.15, 0.2) is 4.80 Å². The van der Waals surface area contributed by atoms with Crippen LogP contribution in [-0.2, 0) is 30.9 Å². The molecular weight excluding hydrogens is 540 g/mol. The van der Waals surface area contributed by atoms with Crippen molar-refractivity contribution >= 4 is 72.1 Å². The average molecular weight is 559 g/mol. The van der Waals surface area contributed by atoms with Crippen molar-refractivity contribution in [3.63, 3.8) is 0 Å². The van der Waals surface area contributed by atoms with E-state index < -0.39 is 32.9 Å². The molecule has 2 aromatic heterocycles. The number of ether oxygens (including phenoxy) is 1. The standard InChI is InChI=1S/C20H19ClN4O7S3/c1-2-32-17(26)11-23-13-6-5-12(25(28)29)10-15(13)33-20(23)22-19(27)14-4-3-9-24(14)35(30,31)18-8-7-16(21)34-18/h5-8,10,14H,2-4,9,11H2,1H3. The molecule has 3 heterocycles. The molecule has 4 rings (SSSR count). The van der Waals surface area contributed by atoms with Gasteiger partial charge in [-0.3, -0.25) is 19.7 Å². The number of fused-ring (bicyclic) bond motifs is 1. The van der Waals surface area contributed by atoms with Crippen molar-refractivity contribution in [2.45, 2.75) is 36.6 Å². The van der Waals surface area contributed by atoms with Crippen LogP contribution in [0.3, 0.4) is 0 Å². The number of carbonyl (C=O) groups excluding carboxylic acids is 2. The van der Waals surface area contributed by atoms with E-state index in [0.29, 0.717) is 21.0 Å². The van der Waals surface area contributed by atoms with Crippen LogP contribution in [0.15, 0.2) is 39.5 Å². The Hall–Kier alpha value is -2.65. The number of halogens is 1. The first-order valence-corrected chi connectivity index (χ1v) is 13.9. The Morgan fingerprint density at radius 2 is 2.06 bits per heavy atom. The fraction of sp³-hybridized carbons (Fsp3) is 0.350. The average Bonchev–Trinajstić information content (AvgIpc) is 3.53. The summed E-state index contributed by atoms with van der Waals surface area (Å²) in [5.41, 5.74) is 0.312. The summed E-state index contributed by atoms with van der Waals surface area (Å²) in [4.78, 5) is 40.3. The number of non-ortho nitro benzene ring substituents is 1. The summed E-state index contributed by atoms with van der Waals surface area (Å²) < 4.78 is 34.6. The molecule has 35 heavy (non-hydrogen) atoms. The molecule has 1 atom stereocenters. The Kier molecular flexibility index (Phi) is 7.38. The number of amides is 1. The highest BCUT2D eigenvalue weighted by atomic mass is 35.5. The maximum Gasteiger partial charge on any atom is 0.326 e. The number of aromatic nitrogens is 1. The highest BCUT2D eigenvalue weighted by Crippen LogP contribution is 2.32. The Balaban J connectivity index is 1.75. The molecule has 186 valence electrons. The number of nitro groups is 1. The van der Waals surface area contributed by atoms with Gasteiger partial charge < -0.3 is 9.30 Å². The fourth-order valence-corrected chi connectivity index (χ4v) is 8.08. The van der Waals surface area contributed by atoms with Gasteiger partial charge in [0.2, 0.25) is 0 Å². The third-order valence-corrected chi connectivity index (χ3v) is 9.92. The molecule has 1 aromatic carbocycles. The first kappa shape index (κ1) is 25.4. The fourth-order valence-electron chi connectivity index (χ4n) is 3.74. The molecule has 1 fully saturated rings. The predicted molar refractivity (Wildman–Crippen MR) is 130 cm³/mol. The Morgan fingerprint density at radius 1 is 1.29 bits per heavy atom. The van der Waals surface area contributed by atoms with Crippen molar-refractivity contribution in [2.75, 3.05) is 13.2 Å². The van der Waals surface area contributed by atoms with Crippen molar-refractivity contribution in [3.8, 4) is 0 Å². The van der Waals surface area contributed by atoms with E-state index in [1.807, 2.05) is 0 Å². The number of rotatable bonds is 7. The zero-order valence-electron chi connectivity index (χ0n) is 18.2. The van der Waals surface area contributed by atoms with Gasteiger partial charge in [-0.15, -0.1) is 11.3 Å². The number of esters is 1. The lowest BCUT2D eigenvalue weighted by Gasteiger charge is -2.20. The van der Waals surface area contributed by atoms with Gasteiger partial charge in [-0.25, -0.2) is 8.42 Å². The second-order valence-electron chi connectivity index (χ2n) is 7.47. The van der Waals surface area contributed by atoms with Crippen LogP contribution in [0.1, 0.15) is 19.8 Å². The van der Waals surface area contributed by atoms with Crippen LogP contribution in [0.5, 0.6) is 0 Å². The third kappa shape index (κ3) is 5.16. The van der Waals surface area contributed by atoms with E-state index >= 15 is 0 Å². The molecule has 1 aliphatic heterocycles. The monoisotopic (exact) mass is 558 g/mol. The van der Waals surface area contributed by atoms with Gasteiger partial charge in [0.05, 0.1) is 26.1 Å². The smallest absolute Gasteiger partial charge is 0.326 e. The van der Waals surface area contributed by atoms with E-state index in [0.717, 1.165) is 27.0 Å². The van der Waals surface area contributed by atoms with Crippen molar-refractivity contribution in [1.82, 2.24) is 8.87 Å². The Morgan fingerprint density at radius 3 is 2.71 bits per heavy atom. The number of carbonyl (C=O) groups is 2. The quantitative estimate of drug-likeness (QED) is 0.246. The molecular formula is C20H19ClN4O7S3. The van der Waals surface area contributed by atoms with Gasteiger partial charge in [0.25, 0.3) is 21.6 Å².